The molecule has 98 valence electrons. The van der Waals surface area contributed by atoms with E-state index in [0.29, 0.717) is 6.54 Å². The fraction of sp³-hybridized carbons (Fsp3) is 0.500. The van der Waals surface area contributed by atoms with E-state index in [1.165, 1.54) is 5.56 Å². The summed E-state index contributed by atoms with van der Waals surface area (Å²) < 4.78 is 0. The van der Waals surface area contributed by atoms with Gasteiger partial charge >= 0.3 is 0 Å². The number of rotatable bonds is 4. The van der Waals surface area contributed by atoms with E-state index in [1.54, 1.807) is 0 Å². The summed E-state index contributed by atoms with van der Waals surface area (Å²) in [6, 6.07) is 5.83. The molecule has 1 aliphatic rings. The Balaban J connectivity index is 1.96. The van der Waals surface area contributed by atoms with Gasteiger partial charge in [0.15, 0.2) is 0 Å². The van der Waals surface area contributed by atoms with Gasteiger partial charge in [0.2, 0.25) is 5.91 Å². The Kier molecular flexibility index (Phi) is 4.61. The molecule has 0 saturated carbocycles. The predicted molar refractivity (Wildman–Crippen MR) is 73.7 cm³/mol. The largest absolute Gasteiger partial charge is 0.351 e. The van der Waals surface area contributed by atoms with Gasteiger partial charge in [0, 0.05) is 11.6 Å². The highest BCUT2D eigenvalue weighted by molar-refractivity contribution is 6.30. The fourth-order valence-corrected chi connectivity index (χ4v) is 2.51. The van der Waals surface area contributed by atoms with E-state index in [1.807, 2.05) is 18.2 Å². The van der Waals surface area contributed by atoms with Gasteiger partial charge in [0.1, 0.15) is 0 Å². The van der Waals surface area contributed by atoms with Crippen molar-refractivity contribution in [1.29, 1.82) is 0 Å². The minimum atomic E-state index is -0.0192. The van der Waals surface area contributed by atoms with Crippen molar-refractivity contribution in [2.24, 2.45) is 0 Å². The molecule has 2 rings (SSSR count). The van der Waals surface area contributed by atoms with Gasteiger partial charge in [-0.3, -0.25) is 4.79 Å². The Morgan fingerprint density at radius 3 is 3.00 bits per heavy atom. The maximum Gasteiger partial charge on any atom is 0.237 e. The molecule has 0 aromatic heterocycles. The van der Waals surface area contributed by atoms with Gasteiger partial charge in [-0.25, -0.2) is 0 Å². The van der Waals surface area contributed by atoms with Crippen molar-refractivity contribution in [1.82, 2.24) is 10.6 Å². The van der Waals surface area contributed by atoms with Gasteiger partial charge < -0.3 is 10.6 Å². The molecule has 18 heavy (non-hydrogen) atoms. The van der Waals surface area contributed by atoms with Gasteiger partial charge in [-0.05, 0) is 49.1 Å². The molecule has 0 radical (unpaired) electrons. The van der Waals surface area contributed by atoms with Crippen molar-refractivity contribution in [2.75, 3.05) is 6.54 Å². The number of amides is 1. The van der Waals surface area contributed by atoms with Crippen molar-refractivity contribution in [3.05, 3.63) is 34.3 Å². The lowest BCUT2D eigenvalue weighted by Gasteiger charge is -2.13. The first-order valence-corrected chi connectivity index (χ1v) is 6.87. The van der Waals surface area contributed by atoms with Crippen molar-refractivity contribution < 1.29 is 4.79 Å². The summed E-state index contributed by atoms with van der Waals surface area (Å²) in [6.07, 6.45) is 2.96. The highest BCUT2D eigenvalue weighted by Gasteiger charge is 2.21. The van der Waals surface area contributed by atoms with Crippen LogP contribution in [0, 0.1) is 0 Å². The van der Waals surface area contributed by atoms with Crippen molar-refractivity contribution in [3.8, 4) is 0 Å². The van der Waals surface area contributed by atoms with E-state index in [2.05, 4.69) is 17.6 Å². The Bertz CT molecular complexity index is 428. The van der Waals surface area contributed by atoms with Gasteiger partial charge in [-0.15, -0.1) is 0 Å². The quantitative estimate of drug-likeness (QED) is 0.878. The normalized spacial score (nSPS) is 18.9. The molecule has 1 saturated heterocycles. The Morgan fingerprint density at radius 2 is 2.33 bits per heavy atom. The van der Waals surface area contributed by atoms with Crippen molar-refractivity contribution in [2.45, 2.75) is 38.8 Å². The zero-order valence-electron chi connectivity index (χ0n) is 10.6. The van der Waals surface area contributed by atoms with Crippen LogP contribution in [0.3, 0.4) is 0 Å². The molecule has 1 amide bonds. The smallest absolute Gasteiger partial charge is 0.237 e. The molecule has 0 bridgehead atoms. The van der Waals surface area contributed by atoms with Crippen LogP contribution in [0.4, 0.5) is 0 Å². The van der Waals surface area contributed by atoms with Gasteiger partial charge in [0.25, 0.3) is 0 Å². The Hall–Kier alpha value is -1.06. The van der Waals surface area contributed by atoms with Crippen LogP contribution in [0.2, 0.25) is 5.02 Å². The van der Waals surface area contributed by atoms with E-state index in [9.17, 15) is 4.79 Å². The molecule has 1 aromatic rings. The zero-order chi connectivity index (χ0) is 13.0. The van der Waals surface area contributed by atoms with Gasteiger partial charge in [0.05, 0.1) is 6.04 Å². The highest BCUT2D eigenvalue weighted by Crippen LogP contribution is 2.16. The average molecular weight is 267 g/mol. The number of aryl methyl sites for hydroxylation is 1. The van der Waals surface area contributed by atoms with Gasteiger partial charge in [-0.1, -0.05) is 24.6 Å². The van der Waals surface area contributed by atoms with Crippen LogP contribution in [0.25, 0.3) is 0 Å². The second kappa shape index (κ2) is 6.21. The molecule has 1 unspecified atom stereocenters. The average Bonchev–Trinajstić information content (AvgIpc) is 2.90. The summed E-state index contributed by atoms with van der Waals surface area (Å²) in [5, 5.41) is 6.90. The van der Waals surface area contributed by atoms with Crippen LogP contribution in [0.5, 0.6) is 0 Å². The summed E-state index contributed by atoms with van der Waals surface area (Å²) in [5.41, 5.74) is 2.34. The first kappa shape index (κ1) is 13.4. The lowest BCUT2D eigenvalue weighted by Crippen LogP contribution is -2.40. The molecule has 1 aromatic carbocycles. The number of hydrogen-bond acceptors (Lipinski definition) is 2. The third-order valence-corrected chi connectivity index (χ3v) is 3.61. The third-order valence-electron chi connectivity index (χ3n) is 3.38. The van der Waals surface area contributed by atoms with E-state index in [0.717, 1.165) is 36.4 Å². The number of carbonyl (C=O) groups excluding carboxylic acids is 1. The maximum atomic E-state index is 11.9. The number of benzene rings is 1. The third kappa shape index (κ3) is 3.24. The maximum absolute atomic E-state index is 11.9. The van der Waals surface area contributed by atoms with E-state index >= 15 is 0 Å². The standard InChI is InChI=1S/C14H19ClN2O/c1-2-10-5-6-12(15)8-11(10)9-17-14(18)13-4-3-7-16-13/h5-6,8,13,16H,2-4,7,9H2,1H3,(H,17,18). The summed E-state index contributed by atoms with van der Waals surface area (Å²) >= 11 is 5.99. The number of carbonyl (C=O) groups is 1. The summed E-state index contributed by atoms with van der Waals surface area (Å²) in [4.78, 5) is 11.9. The zero-order valence-corrected chi connectivity index (χ0v) is 11.4. The molecule has 1 atom stereocenters. The van der Waals surface area contributed by atoms with Crippen LogP contribution in [0.1, 0.15) is 30.9 Å². The molecular formula is C14H19ClN2O. The summed E-state index contributed by atoms with van der Waals surface area (Å²) in [6.45, 7) is 3.60. The van der Waals surface area contributed by atoms with Crippen LogP contribution in [-0.4, -0.2) is 18.5 Å². The molecule has 0 spiro atoms. The first-order chi connectivity index (χ1) is 8.70. The SMILES string of the molecule is CCc1ccc(Cl)cc1CNC(=O)C1CCCN1. The Morgan fingerprint density at radius 1 is 1.50 bits per heavy atom. The lowest BCUT2D eigenvalue weighted by atomic mass is 10.1. The van der Waals surface area contributed by atoms with Crippen LogP contribution >= 0.6 is 11.6 Å². The lowest BCUT2D eigenvalue weighted by molar-refractivity contribution is -0.122. The molecule has 4 heteroatoms. The molecular weight excluding hydrogens is 248 g/mol. The second-order valence-electron chi connectivity index (χ2n) is 4.63. The van der Waals surface area contributed by atoms with E-state index in [-0.39, 0.29) is 11.9 Å². The molecule has 2 N–H and O–H groups in total. The summed E-state index contributed by atoms with van der Waals surface area (Å²) in [5.74, 6) is 0.0922. The monoisotopic (exact) mass is 266 g/mol. The first-order valence-electron chi connectivity index (χ1n) is 6.49. The number of hydrogen-bond donors (Lipinski definition) is 2. The van der Waals surface area contributed by atoms with E-state index < -0.39 is 0 Å². The molecule has 1 heterocycles. The van der Waals surface area contributed by atoms with E-state index in [4.69, 9.17) is 11.6 Å². The van der Waals surface area contributed by atoms with Crippen LogP contribution in [0.15, 0.2) is 18.2 Å². The molecule has 1 fully saturated rings. The summed E-state index contributed by atoms with van der Waals surface area (Å²) in [7, 11) is 0. The van der Waals surface area contributed by atoms with Crippen LogP contribution in [-0.2, 0) is 17.8 Å². The number of halogens is 1. The van der Waals surface area contributed by atoms with Crippen molar-refractivity contribution in [3.63, 3.8) is 0 Å². The second-order valence-corrected chi connectivity index (χ2v) is 5.07. The topological polar surface area (TPSA) is 41.1 Å². The molecule has 0 aliphatic carbocycles. The minimum absolute atomic E-state index is 0.0192. The Labute approximate surface area is 113 Å². The highest BCUT2D eigenvalue weighted by atomic mass is 35.5. The van der Waals surface area contributed by atoms with Crippen LogP contribution < -0.4 is 10.6 Å². The number of nitrogens with one attached hydrogen (secondary N) is 2. The van der Waals surface area contributed by atoms with Gasteiger partial charge in [-0.2, -0.15) is 0 Å². The predicted octanol–water partition coefficient (Wildman–Crippen LogP) is 2.27. The molecule has 3 nitrogen and oxygen atoms in total. The minimum Gasteiger partial charge on any atom is -0.351 e. The fourth-order valence-electron chi connectivity index (χ4n) is 2.32. The molecule has 1 aliphatic heterocycles. The van der Waals surface area contributed by atoms with Crippen molar-refractivity contribution >= 4 is 17.5 Å².